The van der Waals surface area contributed by atoms with E-state index in [4.69, 9.17) is 9.47 Å². The van der Waals surface area contributed by atoms with Gasteiger partial charge in [-0.05, 0) is 24.6 Å². The molecule has 5 nitrogen and oxygen atoms in total. The second-order valence-electron chi connectivity index (χ2n) is 5.71. The number of ether oxygens (including phenoxy) is 2. The molecule has 0 saturated carbocycles. The molecule has 3 atom stereocenters. The number of benzene rings is 1. The fraction of sp³-hybridized carbons (Fsp3) is 0.562. The number of morpholine rings is 1. The lowest BCUT2D eigenvalue weighted by Crippen LogP contribution is -2.59. The topological polar surface area (TPSA) is 42.0 Å². The first-order chi connectivity index (χ1) is 10.2. The normalized spacial score (nSPS) is 28.0. The van der Waals surface area contributed by atoms with E-state index in [9.17, 15) is 4.79 Å². The van der Waals surface area contributed by atoms with Crippen LogP contribution in [0.4, 0.5) is 0 Å². The maximum atomic E-state index is 12.7. The van der Waals surface area contributed by atoms with Crippen LogP contribution in [0.3, 0.4) is 0 Å². The third-order valence-electron chi connectivity index (χ3n) is 4.48. The van der Waals surface area contributed by atoms with E-state index in [-0.39, 0.29) is 18.1 Å². The maximum Gasteiger partial charge on any atom is 0.254 e. The van der Waals surface area contributed by atoms with Gasteiger partial charge < -0.3 is 14.4 Å². The largest absolute Gasteiger partial charge is 0.497 e. The number of rotatable bonds is 3. The minimum absolute atomic E-state index is 0.0292. The Bertz CT molecular complexity index is 520. The molecule has 0 N–H and O–H groups in total. The Morgan fingerprint density at radius 2 is 2.29 bits per heavy atom. The molecule has 1 amide bonds. The van der Waals surface area contributed by atoms with Crippen LogP contribution in [0.1, 0.15) is 16.8 Å². The molecular weight excluding hydrogens is 268 g/mol. The Labute approximate surface area is 125 Å². The van der Waals surface area contributed by atoms with Crippen LogP contribution in [0.5, 0.6) is 5.75 Å². The Kier molecular flexibility index (Phi) is 4.12. The molecule has 2 heterocycles. The average Bonchev–Trinajstić information content (AvgIpc) is 2.54. The van der Waals surface area contributed by atoms with E-state index in [1.54, 1.807) is 13.2 Å². The number of hydrogen-bond donors (Lipinski definition) is 0. The van der Waals surface area contributed by atoms with Crippen LogP contribution in [0.25, 0.3) is 0 Å². The van der Waals surface area contributed by atoms with Gasteiger partial charge in [0, 0.05) is 32.2 Å². The van der Waals surface area contributed by atoms with E-state index in [2.05, 4.69) is 4.90 Å². The number of amides is 1. The summed E-state index contributed by atoms with van der Waals surface area (Å²) in [6.45, 7) is 3.75. The second-order valence-corrected chi connectivity index (χ2v) is 5.71. The minimum Gasteiger partial charge on any atom is -0.497 e. The Balaban J connectivity index is 1.74. The summed E-state index contributed by atoms with van der Waals surface area (Å²) in [5.74, 6) is 0.736. The molecule has 114 valence electrons. The summed E-state index contributed by atoms with van der Waals surface area (Å²) in [6.07, 6.45) is 1.10. The molecule has 0 aromatic heterocycles. The molecule has 2 aliphatic rings. The molecule has 2 fully saturated rings. The molecule has 1 aromatic rings. The van der Waals surface area contributed by atoms with Crippen molar-refractivity contribution >= 4 is 5.91 Å². The van der Waals surface area contributed by atoms with Gasteiger partial charge in [0.1, 0.15) is 5.75 Å². The van der Waals surface area contributed by atoms with Crippen LogP contribution >= 0.6 is 0 Å². The van der Waals surface area contributed by atoms with Gasteiger partial charge in [0.15, 0.2) is 0 Å². The number of hydrogen-bond acceptors (Lipinski definition) is 4. The van der Waals surface area contributed by atoms with E-state index < -0.39 is 0 Å². The van der Waals surface area contributed by atoms with E-state index in [0.29, 0.717) is 11.3 Å². The van der Waals surface area contributed by atoms with Crippen molar-refractivity contribution < 1.29 is 14.3 Å². The predicted molar refractivity (Wildman–Crippen MR) is 79.7 cm³/mol. The van der Waals surface area contributed by atoms with Crippen LogP contribution < -0.4 is 4.74 Å². The highest BCUT2D eigenvalue weighted by molar-refractivity contribution is 5.94. The first-order valence-electron chi connectivity index (χ1n) is 7.44. The molecule has 21 heavy (non-hydrogen) atoms. The minimum atomic E-state index is 0.0292. The molecule has 2 aliphatic heterocycles. The average molecular weight is 290 g/mol. The zero-order valence-electron chi connectivity index (χ0n) is 12.6. The van der Waals surface area contributed by atoms with Crippen LogP contribution in [0, 0.1) is 0 Å². The van der Waals surface area contributed by atoms with Gasteiger partial charge in [-0.25, -0.2) is 0 Å². The van der Waals surface area contributed by atoms with Crippen LogP contribution in [-0.4, -0.2) is 68.3 Å². The van der Waals surface area contributed by atoms with Crippen molar-refractivity contribution in [2.45, 2.75) is 18.6 Å². The molecule has 5 heteroatoms. The van der Waals surface area contributed by atoms with Crippen molar-refractivity contribution in [1.82, 2.24) is 9.80 Å². The summed E-state index contributed by atoms with van der Waals surface area (Å²) >= 11 is 0. The summed E-state index contributed by atoms with van der Waals surface area (Å²) in [6, 6.07) is 7.47. The quantitative estimate of drug-likeness (QED) is 0.840. The maximum absolute atomic E-state index is 12.7. The van der Waals surface area contributed by atoms with E-state index in [0.717, 1.165) is 32.7 Å². The van der Waals surface area contributed by atoms with E-state index in [1.165, 1.54) is 0 Å². The standard InChI is InChI=1S/C16H22N2O3/c1-17(14-6-7-18-8-9-21-15(14)11-18)16(19)12-4-3-5-13(10-12)20-2/h3-5,10,14-15H,6-9,11H2,1-2H3. The number of likely N-dealkylation sites (N-methyl/N-ethyl adjacent to an activating group) is 1. The third-order valence-corrected chi connectivity index (χ3v) is 4.48. The lowest BCUT2D eigenvalue weighted by molar-refractivity contribution is -0.0899. The van der Waals surface area contributed by atoms with Crippen molar-refractivity contribution in [2.75, 3.05) is 40.4 Å². The van der Waals surface area contributed by atoms with Crippen molar-refractivity contribution in [3.8, 4) is 5.75 Å². The fourth-order valence-corrected chi connectivity index (χ4v) is 3.22. The summed E-state index contributed by atoms with van der Waals surface area (Å²) in [5.41, 5.74) is 0.662. The first kappa shape index (κ1) is 14.4. The van der Waals surface area contributed by atoms with Gasteiger partial charge in [-0.15, -0.1) is 0 Å². The number of carbonyl (C=O) groups excluding carboxylic acids is 1. The van der Waals surface area contributed by atoms with Crippen LogP contribution in [0.2, 0.25) is 0 Å². The molecule has 3 unspecified atom stereocenters. The molecule has 0 aliphatic carbocycles. The van der Waals surface area contributed by atoms with Crippen LogP contribution in [0.15, 0.2) is 24.3 Å². The zero-order valence-corrected chi connectivity index (χ0v) is 12.6. The summed E-state index contributed by atoms with van der Waals surface area (Å²) in [4.78, 5) is 16.9. The molecule has 1 aromatic carbocycles. The monoisotopic (exact) mass is 290 g/mol. The zero-order chi connectivity index (χ0) is 14.8. The van der Waals surface area contributed by atoms with Crippen LogP contribution in [-0.2, 0) is 4.74 Å². The molecule has 3 rings (SSSR count). The first-order valence-corrected chi connectivity index (χ1v) is 7.44. The van der Waals surface area contributed by atoms with Crippen molar-refractivity contribution in [2.24, 2.45) is 0 Å². The van der Waals surface area contributed by atoms with Gasteiger partial charge in [0.2, 0.25) is 0 Å². The van der Waals surface area contributed by atoms with Crippen molar-refractivity contribution in [1.29, 1.82) is 0 Å². The molecule has 0 radical (unpaired) electrons. The van der Waals surface area contributed by atoms with Gasteiger partial charge in [-0.2, -0.15) is 0 Å². The Morgan fingerprint density at radius 3 is 3.10 bits per heavy atom. The van der Waals surface area contributed by atoms with Gasteiger partial charge in [0.25, 0.3) is 5.91 Å². The summed E-state index contributed by atoms with van der Waals surface area (Å²) in [5, 5.41) is 0. The van der Waals surface area contributed by atoms with Crippen molar-refractivity contribution in [3.05, 3.63) is 29.8 Å². The number of carbonyl (C=O) groups is 1. The summed E-state index contributed by atoms with van der Waals surface area (Å²) in [7, 11) is 3.49. The fourth-order valence-electron chi connectivity index (χ4n) is 3.22. The number of fused-ring (bicyclic) bond motifs is 2. The van der Waals surface area contributed by atoms with Crippen molar-refractivity contribution in [3.63, 3.8) is 0 Å². The highest BCUT2D eigenvalue weighted by Gasteiger charge is 2.37. The number of nitrogens with zero attached hydrogens (tertiary/aromatic N) is 2. The van der Waals surface area contributed by atoms with Gasteiger partial charge >= 0.3 is 0 Å². The second kappa shape index (κ2) is 6.03. The highest BCUT2D eigenvalue weighted by Crippen LogP contribution is 2.24. The van der Waals surface area contributed by atoms with Gasteiger partial charge in [-0.1, -0.05) is 6.07 Å². The summed E-state index contributed by atoms with van der Waals surface area (Å²) < 4.78 is 11.0. The third kappa shape index (κ3) is 2.89. The molecule has 2 saturated heterocycles. The Hall–Kier alpha value is -1.59. The number of methoxy groups -OCH3 is 1. The van der Waals surface area contributed by atoms with E-state index >= 15 is 0 Å². The van der Waals surface area contributed by atoms with E-state index in [1.807, 2.05) is 30.1 Å². The highest BCUT2D eigenvalue weighted by atomic mass is 16.5. The SMILES string of the molecule is COc1cccc(C(=O)N(C)C2CCN3CCOC2C3)c1. The van der Waals surface area contributed by atoms with Gasteiger partial charge in [0.05, 0.1) is 25.9 Å². The smallest absolute Gasteiger partial charge is 0.254 e. The Morgan fingerprint density at radius 1 is 1.43 bits per heavy atom. The predicted octanol–water partition coefficient (Wildman–Crippen LogP) is 1.24. The molecule has 0 spiro atoms. The number of piperidine rings is 1. The lowest BCUT2D eigenvalue weighted by atomic mass is 9.98. The molecular formula is C16H22N2O3. The molecule has 2 bridgehead atoms. The lowest BCUT2D eigenvalue weighted by Gasteiger charge is -2.45. The van der Waals surface area contributed by atoms with Gasteiger partial charge in [-0.3, -0.25) is 9.69 Å².